The van der Waals surface area contributed by atoms with Gasteiger partial charge in [0, 0.05) is 12.5 Å². The molecule has 138 valence electrons. The van der Waals surface area contributed by atoms with Gasteiger partial charge >= 0.3 is 5.97 Å². The SMILES string of the molecule is COC(=O)C1(NC(=O)CCc2cc(OC)cc(OC)c2)CCCCC1. The van der Waals surface area contributed by atoms with Gasteiger partial charge in [-0.3, -0.25) is 4.79 Å². The summed E-state index contributed by atoms with van der Waals surface area (Å²) in [6, 6.07) is 5.55. The molecule has 0 unspecified atom stereocenters. The van der Waals surface area contributed by atoms with Crippen molar-refractivity contribution in [1.29, 1.82) is 0 Å². The van der Waals surface area contributed by atoms with E-state index >= 15 is 0 Å². The van der Waals surface area contributed by atoms with E-state index in [0.717, 1.165) is 24.8 Å². The third-order valence-electron chi connectivity index (χ3n) is 4.71. The van der Waals surface area contributed by atoms with Crippen molar-refractivity contribution in [3.8, 4) is 11.5 Å². The standard InChI is InChI=1S/C19H27NO5/c1-23-15-11-14(12-16(13-15)24-2)7-8-17(21)20-19(18(22)25-3)9-5-4-6-10-19/h11-13H,4-10H2,1-3H3,(H,20,21). The fourth-order valence-corrected chi connectivity index (χ4v) is 3.33. The van der Waals surface area contributed by atoms with Gasteiger partial charge in [0.25, 0.3) is 0 Å². The lowest BCUT2D eigenvalue weighted by molar-refractivity contribution is -0.152. The zero-order chi connectivity index (χ0) is 18.3. The molecule has 6 heteroatoms. The van der Waals surface area contributed by atoms with Crippen LogP contribution in [0.25, 0.3) is 0 Å². The Morgan fingerprint density at radius 1 is 1.00 bits per heavy atom. The van der Waals surface area contributed by atoms with Crippen LogP contribution in [0.3, 0.4) is 0 Å². The highest BCUT2D eigenvalue weighted by atomic mass is 16.5. The summed E-state index contributed by atoms with van der Waals surface area (Å²) in [6.45, 7) is 0. The second-order valence-corrected chi connectivity index (χ2v) is 6.40. The molecule has 1 aliphatic rings. The molecule has 1 aliphatic carbocycles. The third kappa shape index (κ3) is 4.87. The van der Waals surface area contributed by atoms with Crippen molar-refractivity contribution in [3.63, 3.8) is 0 Å². The van der Waals surface area contributed by atoms with E-state index in [1.807, 2.05) is 12.1 Å². The number of hydrogen-bond acceptors (Lipinski definition) is 5. The van der Waals surface area contributed by atoms with E-state index in [2.05, 4.69) is 5.32 Å². The van der Waals surface area contributed by atoms with E-state index in [1.165, 1.54) is 7.11 Å². The first-order valence-electron chi connectivity index (χ1n) is 8.64. The van der Waals surface area contributed by atoms with Crippen LogP contribution < -0.4 is 14.8 Å². The number of aryl methyl sites for hydroxylation is 1. The zero-order valence-electron chi connectivity index (χ0n) is 15.2. The topological polar surface area (TPSA) is 73.9 Å². The molecule has 1 saturated carbocycles. The summed E-state index contributed by atoms with van der Waals surface area (Å²) in [6.07, 6.45) is 5.02. The van der Waals surface area contributed by atoms with Crippen LogP contribution in [0, 0.1) is 0 Å². The molecule has 1 aromatic rings. The lowest BCUT2D eigenvalue weighted by Crippen LogP contribution is -2.56. The highest BCUT2D eigenvalue weighted by Crippen LogP contribution is 2.30. The van der Waals surface area contributed by atoms with Gasteiger partial charge < -0.3 is 19.5 Å². The molecular weight excluding hydrogens is 322 g/mol. The van der Waals surface area contributed by atoms with Gasteiger partial charge in [-0.05, 0) is 37.0 Å². The second kappa shape index (κ2) is 8.74. The molecule has 0 heterocycles. The van der Waals surface area contributed by atoms with Crippen molar-refractivity contribution in [2.24, 2.45) is 0 Å². The van der Waals surface area contributed by atoms with E-state index in [-0.39, 0.29) is 18.3 Å². The first kappa shape index (κ1) is 19.1. The number of amides is 1. The van der Waals surface area contributed by atoms with E-state index in [9.17, 15) is 9.59 Å². The summed E-state index contributed by atoms with van der Waals surface area (Å²) in [5, 5.41) is 2.93. The van der Waals surface area contributed by atoms with Crippen molar-refractivity contribution in [1.82, 2.24) is 5.32 Å². The van der Waals surface area contributed by atoms with E-state index in [0.29, 0.717) is 30.8 Å². The summed E-state index contributed by atoms with van der Waals surface area (Å²) in [5.41, 5.74) is 0.0815. The maximum absolute atomic E-state index is 12.4. The first-order chi connectivity index (χ1) is 12.0. The molecule has 1 aromatic carbocycles. The number of ether oxygens (including phenoxy) is 3. The predicted octanol–water partition coefficient (Wildman–Crippen LogP) is 2.63. The van der Waals surface area contributed by atoms with Gasteiger partial charge in [0.15, 0.2) is 0 Å². The van der Waals surface area contributed by atoms with Crippen molar-refractivity contribution in [3.05, 3.63) is 23.8 Å². The van der Waals surface area contributed by atoms with Crippen molar-refractivity contribution in [2.45, 2.75) is 50.5 Å². The Morgan fingerprint density at radius 3 is 2.12 bits per heavy atom. The van der Waals surface area contributed by atoms with Crippen LogP contribution in [0.1, 0.15) is 44.1 Å². The van der Waals surface area contributed by atoms with Crippen LogP contribution >= 0.6 is 0 Å². The van der Waals surface area contributed by atoms with Crippen LogP contribution in [0.5, 0.6) is 11.5 Å². The molecule has 1 fully saturated rings. The quantitative estimate of drug-likeness (QED) is 0.766. The third-order valence-corrected chi connectivity index (χ3v) is 4.71. The fourth-order valence-electron chi connectivity index (χ4n) is 3.33. The minimum absolute atomic E-state index is 0.144. The fraction of sp³-hybridized carbons (Fsp3) is 0.579. The monoisotopic (exact) mass is 349 g/mol. The lowest BCUT2D eigenvalue weighted by Gasteiger charge is -2.35. The Hall–Kier alpha value is -2.24. The number of carbonyl (C=O) groups excluding carboxylic acids is 2. The molecule has 0 spiro atoms. The number of benzene rings is 1. The van der Waals surface area contributed by atoms with E-state index in [4.69, 9.17) is 14.2 Å². The average molecular weight is 349 g/mol. The summed E-state index contributed by atoms with van der Waals surface area (Å²) >= 11 is 0. The van der Waals surface area contributed by atoms with Gasteiger partial charge in [0.05, 0.1) is 21.3 Å². The van der Waals surface area contributed by atoms with E-state index < -0.39 is 5.54 Å². The molecule has 0 saturated heterocycles. The molecule has 25 heavy (non-hydrogen) atoms. The minimum Gasteiger partial charge on any atom is -0.497 e. The Bertz CT molecular complexity index is 586. The van der Waals surface area contributed by atoms with Crippen LogP contribution in [0.2, 0.25) is 0 Å². The Kier molecular flexibility index (Phi) is 6.67. The molecule has 0 radical (unpaired) electrons. The van der Waals surface area contributed by atoms with Gasteiger partial charge in [-0.15, -0.1) is 0 Å². The number of esters is 1. The maximum Gasteiger partial charge on any atom is 0.331 e. The molecular formula is C19H27NO5. The number of carbonyl (C=O) groups is 2. The molecule has 1 N–H and O–H groups in total. The second-order valence-electron chi connectivity index (χ2n) is 6.40. The smallest absolute Gasteiger partial charge is 0.331 e. The Morgan fingerprint density at radius 2 is 1.60 bits per heavy atom. The summed E-state index contributed by atoms with van der Waals surface area (Å²) in [5.74, 6) is 0.888. The highest BCUT2D eigenvalue weighted by Gasteiger charge is 2.41. The average Bonchev–Trinajstić information content (AvgIpc) is 2.66. The van der Waals surface area contributed by atoms with Crippen molar-refractivity contribution < 1.29 is 23.8 Å². The molecule has 0 atom stereocenters. The number of hydrogen-bond donors (Lipinski definition) is 1. The van der Waals surface area contributed by atoms with Gasteiger partial charge in [-0.25, -0.2) is 4.79 Å². The molecule has 6 nitrogen and oxygen atoms in total. The number of nitrogens with one attached hydrogen (secondary N) is 1. The first-order valence-corrected chi connectivity index (χ1v) is 8.64. The lowest BCUT2D eigenvalue weighted by atomic mass is 9.81. The van der Waals surface area contributed by atoms with Gasteiger partial charge in [-0.1, -0.05) is 19.3 Å². The largest absolute Gasteiger partial charge is 0.497 e. The Labute approximate surface area is 148 Å². The van der Waals surface area contributed by atoms with Gasteiger partial charge in [-0.2, -0.15) is 0 Å². The normalized spacial score (nSPS) is 16.0. The summed E-state index contributed by atoms with van der Waals surface area (Å²) < 4.78 is 15.4. The van der Waals surface area contributed by atoms with Gasteiger partial charge in [0.2, 0.25) is 5.91 Å². The van der Waals surface area contributed by atoms with Crippen LogP contribution in [-0.4, -0.2) is 38.7 Å². The summed E-state index contributed by atoms with van der Waals surface area (Å²) in [4.78, 5) is 24.6. The predicted molar refractivity (Wildman–Crippen MR) is 93.8 cm³/mol. The zero-order valence-corrected chi connectivity index (χ0v) is 15.2. The minimum atomic E-state index is -0.865. The van der Waals surface area contributed by atoms with Crippen LogP contribution in [-0.2, 0) is 20.7 Å². The number of methoxy groups -OCH3 is 3. The molecule has 1 amide bonds. The summed E-state index contributed by atoms with van der Waals surface area (Å²) in [7, 11) is 4.55. The molecule has 0 bridgehead atoms. The Balaban J connectivity index is 2.00. The molecule has 2 rings (SSSR count). The van der Waals surface area contributed by atoms with Crippen molar-refractivity contribution >= 4 is 11.9 Å². The van der Waals surface area contributed by atoms with Crippen LogP contribution in [0.15, 0.2) is 18.2 Å². The maximum atomic E-state index is 12.4. The van der Waals surface area contributed by atoms with E-state index in [1.54, 1.807) is 20.3 Å². The highest BCUT2D eigenvalue weighted by molar-refractivity contribution is 5.88. The van der Waals surface area contributed by atoms with Gasteiger partial charge in [0.1, 0.15) is 17.0 Å². The molecule has 0 aromatic heterocycles. The van der Waals surface area contributed by atoms with Crippen molar-refractivity contribution in [2.75, 3.05) is 21.3 Å². The molecule has 0 aliphatic heterocycles. The number of rotatable bonds is 7. The van der Waals surface area contributed by atoms with Crippen LogP contribution in [0.4, 0.5) is 0 Å².